The highest BCUT2D eigenvalue weighted by atomic mass is 16.5. The number of rotatable bonds is 9. The second-order valence-corrected chi connectivity index (χ2v) is 5.00. The van der Waals surface area contributed by atoms with E-state index in [1.807, 2.05) is 20.8 Å². The van der Waals surface area contributed by atoms with Gasteiger partial charge in [0, 0.05) is 6.54 Å². The highest BCUT2D eigenvalue weighted by Crippen LogP contribution is 2.31. The Hall–Kier alpha value is -1.57. The minimum Gasteiger partial charge on any atom is -0.468 e. The number of ether oxygens (including phenoxy) is 1. The first-order valence-corrected chi connectivity index (χ1v) is 7.28. The summed E-state index contributed by atoms with van der Waals surface area (Å²) >= 11 is 0. The van der Waals surface area contributed by atoms with Gasteiger partial charge in [0.15, 0.2) is 0 Å². The van der Waals surface area contributed by atoms with Crippen molar-refractivity contribution in [2.24, 2.45) is 5.41 Å². The molecule has 0 aromatic heterocycles. The largest absolute Gasteiger partial charge is 0.468 e. The molecule has 1 amide bonds. The zero-order valence-electron chi connectivity index (χ0n) is 13.1. The average Bonchev–Trinajstić information content (AvgIpc) is 2.45. The highest BCUT2D eigenvalue weighted by molar-refractivity contribution is 5.88. The lowest BCUT2D eigenvalue weighted by molar-refractivity contribution is -0.150. The summed E-state index contributed by atoms with van der Waals surface area (Å²) in [5.41, 5.74) is -1.01. The summed E-state index contributed by atoms with van der Waals surface area (Å²) in [6, 6.07) is 2.20. The molecule has 0 aliphatic heterocycles. The van der Waals surface area contributed by atoms with E-state index in [-0.39, 0.29) is 12.5 Å². The van der Waals surface area contributed by atoms with Crippen LogP contribution in [-0.4, -0.2) is 37.0 Å². The third-order valence-corrected chi connectivity index (χ3v) is 3.31. The lowest BCUT2D eigenvalue weighted by atomic mass is 9.79. The summed E-state index contributed by atoms with van der Waals surface area (Å²) in [6.45, 7) is 6.23. The Balaban J connectivity index is 5.23. The maximum absolute atomic E-state index is 12.7. The fourth-order valence-electron chi connectivity index (χ4n) is 2.40. The Morgan fingerprint density at radius 1 is 1.15 bits per heavy atom. The molecule has 0 aliphatic carbocycles. The molecule has 0 atom stereocenters. The Kier molecular flexibility index (Phi) is 8.62. The molecule has 0 saturated heterocycles. The second kappa shape index (κ2) is 9.35. The van der Waals surface area contributed by atoms with Gasteiger partial charge in [0.05, 0.1) is 13.2 Å². The van der Waals surface area contributed by atoms with Crippen molar-refractivity contribution in [2.45, 2.75) is 52.9 Å². The minimum atomic E-state index is -1.01. The van der Waals surface area contributed by atoms with Crippen molar-refractivity contribution in [1.82, 2.24) is 4.90 Å². The first-order valence-electron chi connectivity index (χ1n) is 7.28. The third-order valence-electron chi connectivity index (χ3n) is 3.31. The van der Waals surface area contributed by atoms with Gasteiger partial charge in [-0.15, -0.1) is 0 Å². The smallest absolute Gasteiger partial charge is 0.325 e. The molecule has 0 unspecified atom stereocenters. The normalized spacial score (nSPS) is 10.8. The molecular formula is C15H26N2O3. The zero-order valence-corrected chi connectivity index (χ0v) is 13.1. The molecule has 0 aliphatic rings. The van der Waals surface area contributed by atoms with Crippen molar-refractivity contribution in [1.29, 1.82) is 5.26 Å². The van der Waals surface area contributed by atoms with E-state index in [1.165, 1.54) is 12.0 Å². The monoisotopic (exact) mass is 282 g/mol. The SMILES string of the molecule is CCCN(CC(=O)OC)C(=O)C(C#N)(CCC)CCC. The predicted octanol–water partition coefficient (Wildman–Crippen LogP) is 2.51. The molecule has 0 radical (unpaired) electrons. The highest BCUT2D eigenvalue weighted by Gasteiger charge is 2.40. The number of amides is 1. The molecule has 114 valence electrons. The molecule has 0 saturated carbocycles. The van der Waals surface area contributed by atoms with Crippen molar-refractivity contribution in [3.8, 4) is 6.07 Å². The van der Waals surface area contributed by atoms with Gasteiger partial charge in [0.1, 0.15) is 12.0 Å². The van der Waals surface area contributed by atoms with Gasteiger partial charge in [0.25, 0.3) is 0 Å². The number of nitrogens with zero attached hydrogens (tertiary/aromatic N) is 2. The number of methoxy groups -OCH3 is 1. The molecule has 0 N–H and O–H groups in total. The minimum absolute atomic E-state index is 0.0833. The molecule has 0 aromatic carbocycles. The van der Waals surface area contributed by atoms with Crippen LogP contribution in [0.5, 0.6) is 0 Å². The van der Waals surface area contributed by atoms with Gasteiger partial charge in [-0.25, -0.2) is 0 Å². The van der Waals surface area contributed by atoms with Crippen molar-refractivity contribution in [3.05, 3.63) is 0 Å². The summed E-state index contributed by atoms with van der Waals surface area (Å²) in [7, 11) is 1.30. The average molecular weight is 282 g/mol. The van der Waals surface area contributed by atoms with Crippen LogP contribution in [-0.2, 0) is 14.3 Å². The Morgan fingerprint density at radius 3 is 2.05 bits per heavy atom. The standard InChI is InChI=1S/C15H26N2O3/c1-5-8-15(12-16,9-6-2)14(19)17(10-7-3)11-13(18)20-4/h5-11H2,1-4H3. The van der Waals surface area contributed by atoms with E-state index in [0.717, 1.165) is 19.3 Å². The number of hydrogen-bond donors (Lipinski definition) is 0. The van der Waals surface area contributed by atoms with Crippen LogP contribution in [0, 0.1) is 16.7 Å². The van der Waals surface area contributed by atoms with Gasteiger partial charge in [-0.1, -0.05) is 33.6 Å². The van der Waals surface area contributed by atoms with Crippen molar-refractivity contribution in [2.75, 3.05) is 20.2 Å². The van der Waals surface area contributed by atoms with Crippen molar-refractivity contribution < 1.29 is 14.3 Å². The molecule has 0 aromatic rings. The quantitative estimate of drug-likeness (QED) is 0.609. The Bertz CT molecular complexity index is 355. The number of hydrogen-bond acceptors (Lipinski definition) is 4. The van der Waals surface area contributed by atoms with Crippen LogP contribution in [0.4, 0.5) is 0 Å². The van der Waals surface area contributed by atoms with Crippen LogP contribution in [0.2, 0.25) is 0 Å². The maximum atomic E-state index is 12.7. The number of carbonyl (C=O) groups excluding carboxylic acids is 2. The molecule has 0 spiro atoms. The van der Waals surface area contributed by atoms with Crippen LogP contribution in [0.25, 0.3) is 0 Å². The Labute approximate surface area is 121 Å². The van der Waals surface area contributed by atoms with E-state index < -0.39 is 11.4 Å². The molecule has 5 nitrogen and oxygen atoms in total. The molecule has 0 bridgehead atoms. The van der Waals surface area contributed by atoms with Gasteiger partial charge < -0.3 is 9.64 Å². The summed E-state index contributed by atoms with van der Waals surface area (Å²) in [4.78, 5) is 25.6. The third kappa shape index (κ3) is 4.84. The van der Waals surface area contributed by atoms with E-state index in [1.54, 1.807) is 0 Å². The Morgan fingerprint density at radius 2 is 1.70 bits per heavy atom. The fourth-order valence-corrected chi connectivity index (χ4v) is 2.40. The summed E-state index contributed by atoms with van der Waals surface area (Å²) in [5.74, 6) is -0.692. The van der Waals surface area contributed by atoms with E-state index in [9.17, 15) is 14.9 Å². The molecule has 0 rings (SSSR count). The fraction of sp³-hybridized carbons (Fsp3) is 0.800. The molecule has 5 heteroatoms. The van der Waals surface area contributed by atoms with Gasteiger partial charge in [-0.05, 0) is 19.3 Å². The molecule has 20 heavy (non-hydrogen) atoms. The first-order chi connectivity index (χ1) is 9.51. The van der Waals surface area contributed by atoms with Crippen LogP contribution in [0.1, 0.15) is 52.9 Å². The molecule has 0 heterocycles. The molecular weight excluding hydrogens is 256 g/mol. The maximum Gasteiger partial charge on any atom is 0.325 e. The number of carbonyl (C=O) groups is 2. The summed E-state index contributed by atoms with van der Waals surface area (Å²) in [5, 5.41) is 9.50. The molecule has 0 fully saturated rings. The van der Waals surface area contributed by atoms with Crippen molar-refractivity contribution in [3.63, 3.8) is 0 Å². The van der Waals surface area contributed by atoms with Gasteiger partial charge in [-0.2, -0.15) is 5.26 Å². The van der Waals surface area contributed by atoms with Gasteiger partial charge in [-0.3, -0.25) is 9.59 Å². The van der Waals surface area contributed by atoms with E-state index in [2.05, 4.69) is 10.8 Å². The van der Waals surface area contributed by atoms with Crippen LogP contribution in [0.3, 0.4) is 0 Å². The van der Waals surface area contributed by atoms with E-state index >= 15 is 0 Å². The lowest BCUT2D eigenvalue weighted by Crippen LogP contribution is -2.46. The number of nitriles is 1. The van der Waals surface area contributed by atoms with Gasteiger partial charge >= 0.3 is 5.97 Å². The van der Waals surface area contributed by atoms with E-state index in [4.69, 9.17) is 0 Å². The lowest BCUT2D eigenvalue weighted by Gasteiger charge is -2.31. The second-order valence-electron chi connectivity index (χ2n) is 5.00. The predicted molar refractivity (Wildman–Crippen MR) is 76.7 cm³/mol. The summed E-state index contributed by atoms with van der Waals surface area (Å²) in [6.07, 6.45) is 3.31. The zero-order chi connectivity index (χ0) is 15.6. The number of esters is 1. The van der Waals surface area contributed by atoms with E-state index in [0.29, 0.717) is 19.4 Å². The van der Waals surface area contributed by atoms with Crippen LogP contribution < -0.4 is 0 Å². The van der Waals surface area contributed by atoms with Crippen molar-refractivity contribution >= 4 is 11.9 Å². The van der Waals surface area contributed by atoms with Crippen LogP contribution >= 0.6 is 0 Å². The summed E-state index contributed by atoms with van der Waals surface area (Å²) < 4.78 is 4.63. The van der Waals surface area contributed by atoms with Crippen LogP contribution in [0.15, 0.2) is 0 Å². The topological polar surface area (TPSA) is 70.4 Å². The first kappa shape index (κ1) is 18.4. The van der Waals surface area contributed by atoms with Gasteiger partial charge in [0.2, 0.25) is 5.91 Å².